The monoisotopic (exact) mass is 427 g/mol. The van der Waals surface area contributed by atoms with Gasteiger partial charge in [0.25, 0.3) is 0 Å². The van der Waals surface area contributed by atoms with Gasteiger partial charge in [-0.25, -0.2) is 13.2 Å². The van der Waals surface area contributed by atoms with Crippen molar-refractivity contribution < 1.29 is 22.8 Å². The summed E-state index contributed by atoms with van der Waals surface area (Å²) in [7, 11) is 0. The van der Waals surface area contributed by atoms with Crippen molar-refractivity contribution in [2.45, 2.75) is 25.3 Å². The van der Waals surface area contributed by atoms with Crippen LogP contribution in [0.2, 0.25) is 0 Å². The molecule has 5 nitrogen and oxygen atoms in total. The Morgan fingerprint density at radius 1 is 1.06 bits per heavy atom. The van der Waals surface area contributed by atoms with Gasteiger partial charge in [0.2, 0.25) is 11.8 Å². The minimum Gasteiger partial charge on any atom is -0.354 e. The first-order valence-corrected chi connectivity index (χ1v) is 9.91. The van der Waals surface area contributed by atoms with Gasteiger partial charge in [-0.3, -0.25) is 9.59 Å². The van der Waals surface area contributed by atoms with Gasteiger partial charge < -0.3 is 15.6 Å². The summed E-state index contributed by atoms with van der Waals surface area (Å²) in [4.78, 5) is 27.0. The number of benzene rings is 2. The third-order valence-corrected chi connectivity index (χ3v) is 5.27. The van der Waals surface area contributed by atoms with Crippen molar-refractivity contribution in [2.75, 3.05) is 6.54 Å². The molecule has 2 amide bonds. The molecule has 31 heavy (non-hydrogen) atoms. The van der Waals surface area contributed by atoms with Gasteiger partial charge in [0.1, 0.15) is 23.5 Å². The molecule has 0 saturated carbocycles. The first-order valence-electron chi connectivity index (χ1n) is 9.91. The van der Waals surface area contributed by atoms with Crippen LogP contribution in [0.15, 0.2) is 48.5 Å². The topological polar surface area (TPSA) is 74.0 Å². The molecule has 0 spiro atoms. The number of carbonyl (C=O) groups excluding carboxylic acids is 2. The van der Waals surface area contributed by atoms with Gasteiger partial charge in [-0.2, -0.15) is 0 Å². The lowest BCUT2D eigenvalue weighted by Crippen LogP contribution is -2.40. The van der Waals surface area contributed by atoms with E-state index in [0.717, 1.165) is 12.1 Å². The van der Waals surface area contributed by atoms with Gasteiger partial charge in [0.15, 0.2) is 0 Å². The average molecular weight is 427 g/mol. The van der Waals surface area contributed by atoms with E-state index in [-0.39, 0.29) is 35.9 Å². The van der Waals surface area contributed by atoms with Crippen molar-refractivity contribution in [3.05, 3.63) is 71.5 Å². The van der Waals surface area contributed by atoms with Crippen LogP contribution in [0.25, 0.3) is 22.5 Å². The number of hydrogen-bond acceptors (Lipinski definition) is 2. The van der Waals surface area contributed by atoms with Crippen molar-refractivity contribution in [3.8, 4) is 22.5 Å². The lowest BCUT2D eigenvalue weighted by molar-refractivity contribution is -0.127. The highest BCUT2D eigenvalue weighted by Gasteiger charge is 2.25. The van der Waals surface area contributed by atoms with E-state index in [4.69, 9.17) is 0 Å². The first-order chi connectivity index (χ1) is 14.9. The second kappa shape index (κ2) is 8.67. The van der Waals surface area contributed by atoms with E-state index >= 15 is 0 Å². The van der Waals surface area contributed by atoms with Crippen LogP contribution in [-0.4, -0.2) is 29.4 Å². The fraction of sp³-hybridized carbons (Fsp3) is 0.217. The van der Waals surface area contributed by atoms with E-state index in [1.54, 1.807) is 18.2 Å². The number of carbonyl (C=O) groups is 2. The van der Waals surface area contributed by atoms with Gasteiger partial charge in [-0.05, 0) is 66.4 Å². The molecule has 1 fully saturated rings. The van der Waals surface area contributed by atoms with Crippen molar-refractivity contribution in [1.29, 1.82) is 0 Å². The summed E-state index contributed by atoms with van der Waals surface area (Å²) < 4.78 is 42.0. The highest BCUT2D eigenvalue weighted by atomic mass is 19.1. The lowest BCUT2D eigenvalue weighted by Gasteiger charge is -2.10. The molecule has 1 aromatic heterocycles. The molecular weight excluding hydrogens is 407 g/mol. The zero-order valence-corrected chi connectivity index (χ0v) is 16.5. The molecule has 1 unspecified atom stereocenters. The van der Waals surface area contributed by atoms with Crippen LogP contribution in [-0.2, 0) is 16.0 Å². The average Bonchev–Trinajstić information content (AvgIpc) is 3.33. The van der Waals surface area contributed by atoms with E-state index in [0.29, 0.717) is 29.8 Å². The number of aryl methyl sites for hydroxylation is 1. The Labute approximate surface area is 176 Å². The zero-order chi connectivity index (χ0) is 22.0. The number of rotatable bonds is 6. The summed E-state index contributed by atoms with van der Waals surface area (Å²) in [5.74, 6) is -2.36. The molecule has 0 aliphatic carbocycles. The normalized spacial score (nSPS) is 15.7. The summed E-state index contributed by atoms with van der Waals surface area (Å²) in [6.07, 6.45) is 0.876. The number of aromatic amines is 1. The number of aromatic nitrogens is 1. The molecule has 1 aliphatic rings. The van der Waals surface area contributed by atoms with Crippen LogP contribution in [0, 0.1) is 17.5 Å². The van der Waals surface area contributed by atoms with E-state index < -0.39 is 23.5 Å². The minimum absolute atomic E-state index is 0.0784. The predicted octanol–water partition coefficient (Wildman–Crippen LogP) is 3.70. The van der Waals surface area contributed by atoms with Crippen LogP contribution in [0.3, 0.4) is 0 Å². The van der Waals surface area contributed by atoms with Crippen molar-refractivity contribution in [3.63, 3.8) is 0 Å². The molecule has 3 aromatic rings. The SMILES string of the molecule is O=C(CCc1cc(-c2c(F)cccc2F)[nH]c1-c1ccc(F)cc1)NC1CCNC1=O. The number of H-pyrrole nitrogens is 1. The van der Waals surface area contributed by atoms with Gasteiger partial charge in [-0.1, -0.05) is 6.07 Å². The highest BCUT2D eigenvalue weighted by Crippen LogP contribution is 2.32. The fourth-order valence-corrected chi connectivity index (χ4v) is 3.70. The molecule has 3 N–H and O–H groups in total. The quantitative estimate of drug-likeness (QED) is 0.561. The van der Waals surface area contributed by atoms with Crippen LogP contribution >= 0.6 is 0 Å². The maximum absolute atomic E-state index is 14.3. The molecule has 160 valence electrons. The second-order valence-corrected chi connectivity index (χ2v) is 7.39. The predicted molar refractivity (Wildman–Crippen MR) is 109 cm³/mol. The molecule has 0 radical (unpaired) electrons. The first kappa shape index (κ1) is 20.7. The van der Waals surface area contributed by atoms with Crippen LogP contribution in [0.1, 0.15) is 18.4 Å². The summed E-state index contributed by atoms with van der Waals surface area (Å²) >= 11 is 0. The molecule has 0 bridgehead atoms. The Hall–Kier alpha value is -3.55. The fourth-order valence-electron chi connectivity index (χ4n) is 3.70. The van der Waals surface area contributed by atoms with Gasteiger partial charge in [0.05, 0.1) is 11.3 Å². The maximum atomic E-state index is 14.3. The zero-order valence-electron chi connectivity index (χ0n) is 16.5. The van der Waals surface area contributed by atoms with Crippen LogP contribution in [0.5, 0.6) is 0 Å². The Morgan fingerprint density at radius 2 is 1.77 bits per heavy atom. The minimum atomic E-state index is -0.719. The van der Waals surface area contributed by atoms with Gasteiger partial charge in [0, 0.05) is 18.7 Å². The van der Waals surface area contributed by atoms with Crippen molar-refractivity contribution in [2.24, 2.45) is 0 Å². The Kier molecular flexibility index (Phi) is 5.79. The molecule has 4 rings (SSSR count). The largest absolute Gasteiger partial charge is 0.354 e. The lowest BCUT2D eigenvalue weighted by atomic mass is 10.0. The van der Waals surface area contributed by atoms with Crippen LogP contribution < -0.4 is 10.6 Å². The van der Waals surface area contributed by atoms with Crippen molar-refractivity contribution >= 4 is 11.8 Å². The van der Waals surface area contributed by atoms with Crippen molar-refractivity contribution in [1.82, 2.24) is 15.6 Å². The third kappa shape index (κ3) is 4.47. The van der Waals surface area contributed by atoms with E-state index in [2.05, 4.69) is 15.6 Å². The molecule has 1 atom stereocenters. The summed E-state index contributed by atoms with van der Waals surface area (Å²) in [5.41, 5.74) is 1.83. The van der Waals surface area contributed by atoms with E-state index in [1.165, 1.54) is 18.2 Å². The van der Waals surface area contributed by atoms with Gasteiger partial charge >= 0.3 is 0 Å². The Bertz CT molecular complexity index is 1110. The van der Waals surface area contributed by atoms with E-state index in [1.807, 2.05) is 0 Å². The summed E-state index contributed by atoms with van der Waals surface area (Å²) in [6, 6.07) is 10.3. The summed E-state index contributed by atoms with van der Waals surface area (Å²) in [6.45, 7) is 0.522. The van der Waals surface area contributed by atoms with Gasteiger partial charge in [-0.15, -0.1) is 0 Å². The number of halogens is 3. The number of nitrogens with one attached hydrogen (secondary N) is 3. The highest BCUT2D eigenvalue weighted by molar-refractivity contribution is 5.89. The van der Waals surface area contributed by atoms with E-state index in [9.17, 15) is 22.8 Å². The maximum Gasteiger partial charge on any atom is 0.242 e. The third-order valence-electron chi connectivity index (χ3n) is 5.27. The molecule has 8 heteroatoms. The smallest absolute Gasteiger partial charge is 0.242 e. The molecule has 2 heterocycles. The molecule has 2 aromatic carbocycles. The molecule has 1 aliphatic heterocycles. The second-order valence-electron chi connectivity index (χ2n) is 7.39. The number of amides is 2. The van der Waals surface area contributed by atoms with Crippen LogP contribution in [0.4, 0.5) is 13.2 Å². The Balaban J connectivity index is 1.62. The standard InChI is InChI=1S/C23H20F3N3O2/c24-15-7-4-13(5-8-15)22-14(6-9-20(30)28-18-10-11-27-23(18)31)12-19(29-22)21-16(25)2-1-3-17(21)26/h1-5,7-8,12,18,29H,6,9-11H2,(H,27,31)(H,28,30). The summed E-state index contributed by atoms with van der Waals surface area (Å²) in [5, 5.41) is 5.35. The number of hydrogen-bond donors (Lipinski definition) is 3. The molecule has 1 saturated heterocycles. The Morgan fingerprint density at radius 3 is 2.42 bits per heavy atom. The molecular formula is C23H20F3N3O2.